The lowest BCUT2D eigenvalue weighted by Gasteiger charge is -2.18. The summed E-state index contributed by atoms with van der Waals surface area (Å²) >= 11 is 0. The molecule has 2 aromatic carbocycles. The Kier molecular flexibility index (Phi) is 4.23. The maximum atomic E-state index is 9.16. The topological polar surface area (TPSA) is 38.9 Å². The van der Waals surface area contributed by atoms with Crippen LogP contribution < -0.4 is 0 Å². The van der Waals surface area contributed by atoms with Crippen molar-refractivity contribution in [3.63, 3.8) is 0 Å². The Morgan fingerprint density at radius 1 is 0.906 bits per heavy atom. The molecule has 0 aliphatic carbocycles. The fraction of sp³-hybridized carbons (Fsp3) is 0.241. The van der Waals surface area contributed by atoms with Gasteiger partial charge in [0.15, 0.2) is 5.58 Å². The van der Waals surface area contributed by atoms with E-state index in [0.29, 0.717) is 28.1 Å². The fourth-order valence-corrected chi connectivity index (χ4v) is 4.11. The predicted molar refractivity (Wildman–Crippen MR) is 132 cm³/mol. The number of hydrogen-bond acceptors (Lipinski definition) is 3. The molecule has 0 amide bonds. The molecule has 0 saturated carbocycles. The lowest BCUT2D eigenvalue weighted by Crippen LogP contribution is -2.09. The Morgan fingerprint density at radius 2 is 1.66 bits per heavy atom. The first-order valence-corrected chi connectivity index (χ1v) is 10.8. The van der Waals surface area contributed by atoms with E-state index < -0.39 is 17.7 Å². The van der Waals surface area contributed by atoms with Gasteiger partial charge in [0.25, 0.3) is 0 Å². The number of aromatic nitrogens is 2. The summed E-state index contributed by atoms with van der Waals surface area (Å²) in [5.41, 5.74) is 4.04. The molecule has 0 radical (unpaired) electrons. The number of rotatable bonds is 4. The van der Waals surface area contributed by atoms with Crippen LogP contribution in [0, 0.1) is 5.41 Å². The van der Waals surface area contributed by atoms with Crippen LogP contribution in [0.2, 0.25) is 0 Å². The largest absolute Gasteiger partial charge is 0.453 e. The van der Waals surface area contributed by atoms with Gasteiger partial charge in [-0.1, -0.05) is 70.2 Å². The zero-order valence-electron chi connectivity index (χ0n) is 21.8. The van der Waals surface area contributed by atoms with Crippen LogP contribution in [0.25, 0.3) is 33.2 Å². The molecule has 3 aromatic heterocycles. The number of fused-ring (bicyclic) bond motifs is 3. The second kappa shape index (κ2) is 7.90. The Balaban J connectivity index is 1.72. The SMILES string of the molecule is [2H]C(C)(c1ccccc1)c1nccc2c1oc1c(-c3cc(C([2H])([2H])C(C)(C)C)ccn3)cccc12. The molecule has 3 heteroatoms. The second-order valence-corrected chi connectivity index (χ2v) is 9.12. The molecule has 0 saturated heterocycles. The van der Waals surface area contributed by atoms with Gasteiger partial charge in [-0.3, -0.25) is 9.97 Å². The summed E-state index contributed by atoms with van der Waals surface area (Å²) in [6, 6.07) is 21.0. The van der Waals surface area contributed by atoms with Gasteiger partial charge >= 0.3 is 0 Å². The monoisotopic (exact) mass is 423 g/mol. The average Bonchev–Trinajstić information content (AvgIpc) is 3.23. The van der Waals surface area contributed by atoms with E-state index in [-0.39, 0.29) is 0 Å². The summed E-state index contributed by atoms with van der Waals surface area (Å²) in [5, 5.41) is 1.80. The molecule has 0 aliphatic heterocycles. The highest BCUT2D eigenvalue weighted by molar-refractivity contribution is 6.09. The molecule has 1 atom stereocenters. The molecule has 0 N–H and O–H groups in total. The normalized spacial score (nSPS) is 15.8. The first-order valence-electron chi connectivity index (χ1n) is 12.3. The van der Waals surface area contributed by atoms with E-state index in [1.54, 1.807) is 18.5 Å². The van der Waals surface area contributed by atoms with Crippen molar-refractivity contribution in [3.05, 3.63) is 95.9 Å². The Morgan fingerprint density at radius 3 is 2.44 bits per heavy atom. The minimum Gasteiger partial charge on any atom is -0.453 e. The van der Waals surface area contributed by atoms with Gasteiger partial charge in [-0.25, -0.2) is 0 Å². The van der Waals surface area contributed by atoms with E-state index in [1.165, 1.54) is 0 Å². The van der Waals surface area contributed by atoms with E-state index >= 15 is 0 Å². The molecule has 1 unspecified atom stereocenters. The molecule has 0 spiro atoms. The lowest BCUT2D eigenvalue weighted by atomic mass is 9.88. The summed E-state index contributed by atoms with van der Waals surface area (Å²) < 4.78 is 33.0. The van der Waals surface area contributed by atoms with E-state index in [1.807, 2.05) is 88.4 Å². The minimum atomic E-state index is -1.54. The van der Waals surface area contributed by atoms with E-state index in [4.69, 9.17) is 8.53 Å². The van der Waals surface area contributed by atoms with Crippen LogP contribution >= 0.6 is 0 Å². The quantitative estimate of drug-likeness (QED) is 0.296. The van der Waals surface area contributed by atoms with Gasteiger partial charge in [0.1, 0.15) is 5.58 Å². The third-order valence-electron chi connectivity index (χ3n) is 5.53. The van der Waals surface area contributed by atoms with E-state index in [0.717, 1.165) is 21.9 Å². The van der Waals surface area contributed by atoms with E-state index in [9.17, 15) is 0 Å². The molecule has 0 fully saturated rings. The minimum absolute atomic E-state index is 0.550. The van der Waals surface area contributed by atoms with E-state index in [2.05, 4.69) is 9.97 Å². The van der Waals surface area contributed by atoms with Crippen molar-refractivity contribution in [2.45, 2.75) is 40.0 Å². The highest BCUT2D eigenvalue weighted by Crippen LogP contribution is 2.38. The molecular weight excluding hydrogens is 392 g/mol. The summed E-state index contributed by atoms with van der Waals surface area (Å²) in [6.45, 7) is 7.52. The molecule has 5 rings (SSSR count). The number of para-hydroxylation sites is 1. The molecule has 32 heavy (non-hydrogen) atoms. The Bertz CT molecular complexity index is 1530. The van der Waals surface area contributed by atoms with Crippen LogP contribution in [0.1, 0.15) is 54.5 Å². The highest BCUT2D eigenvalue weighted by Gasteiger charge is 2.20. The zero-order chi connectivity index (χ0) is 25.0. The fourth-order valence-electron chi connectivity index (χ4n) is 4.11. The van der Waals surface area contributed by atoms with Crippen LogP contribution in [0.4, 0.5) is 0 Å². The zero-order valence-corrected chi connectivity index (χ0v) is 18.8. The van der Waals surface area contributed by atoms with Crippen LogP contribution in [-0.2, 0) is 6.37 Å². The molecule has 160 valence electrons. The second-order valence-electron chi connectivity index (χ2n) is 9.12. The summed E-state index contributed by atoms with van der Waals surface area (Å²) in [5.74, 6) is -1.10. The number of furan rings is 1. The van der Waals surface area contributed by atoms with Crippen LogP contribution in [-0.4, -0.2) is 9.97 Å². The van der Waals surface area contributed by atoms with Crippen molar-refractivity contribution in [1.82, 2.24) is 9.97 Å². The molecule has 5 aromatic rings. The lowest BCUT2D eigenvalue weighted by molar-refractivity contribution is 0.411. The molecule has 0 bridgehead atoms. The van der Waals surface area contributed by atoms with Crippen molar-refractivity contribution >= 4 is 21.9 Å². The number of pyridine rings is 2. The van der Waals surface area contributed by atoms with Gasteiger partial charge in [0.2, 0.25) is 0 Å². The Labute approximate surface area is 193 Å². The third-order valence-corrected chi connectivity index (χ3v) is 5.53. The predicted octanol–water partition coefficient (Wildman–Crippen LogP) is 7.78. The van der Waals surface area contributed by atoms with Gasteiger partial charge in [0.05, 0.1) is 11.4 Å². The van der Waals surface area contributed by atoms with Crippen molar-refractivity contribution in [1.29, 1.82) is 0 Å². The first kappa shape index (κ1) is 17.1. The van der Waals surface area contributed by atoms with Gasteiger partial charge < -0.3 is 4.42 Å². The van der Waals surface area contributed by atoms with Gasteiger partial charge in [-0.15, -0.1) is 0 Å². The smallest absolute Gasteiger partial charge is 0.157 e. The maximum absolute atomic E-state index is 9.16. The van der Waals surface area contributed by atoms with Crippen molar-refractivity contribution in [2.24, 2.45) is 5.41 Å². The third kappa shape index (κ3) is 3.80. The maximum Gasteiger partial charge on any atom is 0.157 e. The number of nitrogens with zero attached hydrogens (tertiary/aromatic N) is 2. The van der Waals surface area contributed by atoms with Gasteiger partial charge in [-0.05, 0) is 47.2 Å². The van der Waals surface area contributed by atoms with Crippen LogP contribution in [0.15, 0.2) is 83.5 Å². The molecule has 0 aliphatic rings. The Hall–Kier alpha value is -3.46. The molecule has 3 heterocycles. The average molecular weight is 424 g/mol. The first-order chi connectivity index (χ1) is 16.5. The van der Waals surface area contributed by atoms with Gasteiger partial charge in [0, 0.05) is 38.7 Å². The molecule has 3 nitrogen and oxygen atoms in total. The number of hydrogen-bond donors (Lipinski definition) is 0. The summed E-state index contributed by atoms with van der Waals surface area (Å²) in [7, 11) is 0. The van der Waals surface area contributed by atoms with Gasteiger partial charge in [-0.2, -0.15) is 0 Å². The molecular formula is C29H28N2O. The van der Waals surface area contributed by atoms with Crippen LogP contribution in [0.5, 0.6) is 0 Å². The standard InChI is InChI=1S/C29H28N2O/c1-19(21-9-6-5-7-10-21)26-28-23(14-16-31-26)22-11-8-12-24(27(22)32-28)25-17-20(13-15-30-25)18-29(2,3)4/h5-17,19H,18H2,1-4H3/i18D2,19D. The highest BCUT2D eigenvalue weighted by atomic mass is 16.3. The summed E-state index contributed by atoms with van der Waals surface area (Å²) in [6.07, 6.45) is 1.84. The van der Waals surface area contributed by atoms with Crippen LogP contribution in [0.3, 0.4) is 0 Å². The van der Waals surface area contributed by atoms with Crippen molar-refractivity contribution in [2.75, 3.05) is 0 Å². The summed E-state index contributed by atoms with van der Waals surface area (Å²) in [4.78, 5) is 9.14. The van der Waals surface area contributed by atoms with Crippen molar-refractivity contribution < 1.29 is 8.53 Å². The van der Waals surface area contributed by atoms with Crippen molar-refractivity contribution in [3.8, 4) is 11.3 Å². The number of benzene rings is 2.